The predicted molar refractivity (Wildman–Crippen MR) is 201 cm³/mol. The zero-order valence-corrected chi connectivity index (χ0v) is 31.5. The Bertz CT molecular complexity index is 1720. The van der Waals surface area contributed by atoms with Crippen LogP contribution < -0.4 is 4.74 Å². The number of nitriles is 1. The topological polar surface area (TPSA) is 45.8 Å². The van der Waals surface area contributed by atoms with Crippen LogP contribution in [0.4, 0.5) is 0 Å². The lowest BCUT2D eigenvalue weighted by Crippen LogP contribution is -2.34. The molecule has 2 saturated heterocycles. The van der Waals surface area contributed by atoms with E-state index in [9.17, 15) is 5.26 Å². The molecule has 6 rings (SSSR count). The Morgan fingerprint density at radius 2 is 1.82 bits per heavy atom. The van der Waals surface area contributed by atoms with Crippen LogP contribution in [0.25, 0.3) is 5.57 Å². The lowest BCUT2D eigenvalue weighted by atomic mass is 9.85. The molecule has 0 aliphatic carbocycles. The SMILES string of the molecule is C=C1C(C)=C(C)C(c2cc(CC)c(CN3CCC(Cc4cccc5c4CCN(/C(C#N)=C/C(C)(C)C)N4C(C)C54)CC3)c(OC)c2)=CN1C. The summed E-state index contributed by atoms with van der Waals surface area (Å²) in [7, 11) is 3.89. The molecule has 6 heteroatoms. The van der Waals surface area contributed by atoms with Crippen LogP contribution in [0.15, 0.2) is 71.7 Å². The monoisotopic (exact) mass is 659 g/mol. The number of piperidine rings is 1. The number of ether oxygens (including phenoxy) is 1. The van der Waals surface area contributed by atoms with Gasteiger partial charge >= 0.3 is 0 Å². The first-order valence-electron chi connectivity index (χ1n) is 18.4. The molecule has 2 aromatic rings. The molecule has 6 nitrogen and oxygen atoms in total. The summed E-state index contributed by atoms with van der Waals surface area (Å²) in [4.78, 5) is 4.77. The minimum absolute atomic E-state index is 0.0397. The highest BCUT2D eigenvalue weighted by molar-refractivity contribution is 5.83. The van der Waals surface area contributed by atoms with E-state index < -0.39 is 0 Å². The van der Waals surface area contributed by atoms with E-state index >= 15 is 0 Å². The van der Waals surface area contributed by atoms with Gasteiger partial charge in [-0.3, -0.25) is 9.91 Å². The summed E-state index contributed by atoms with van der Waals surface area (Å²) in [5.74, 6) is 1.68. The van der Waals surface area contributed by atoms with Crippen molar-refractivity contribution in [2.24, 2.45) is 11.3 Å². The molecule has 4 heterocycles. The van der Waals surface area contributed by atoms with Crippen LogP contribution in [0.5, 0.6) is 5.75 Å². The molecule has 4 aliphatic rings. The van der Waals surface area contributed by atoms with E-state index in [0.717, 1.165) is 62.6 Å². The quantitative estimate of drug-likeness (QED) is 0.209. The highest BCUT2D eigenvalue weighted by Gasteiger charge is 2.52. The molecule has 3 atom stereocenters. The van der Waals surface area contributed by atoms with E-state index in [0.29, 0.717) is 18.0 Å². The van der Waals surface area contributed by atoms with Crippen molar-refractivity contribution in [3.05, 3.63) is 105 Å². The van der Waals surface area contributed by atoms with Gasteiger partial charge in [-0.05, 0) is 128 Å². The van der Waals surface area contributed by atoms with Gasteiger partial charge in [0.1, 0.15) is 17.5 Å². The van der Waals surface area contributed by atoms with Crippen molar-refractivity contribution in [2.75, 3.05) is 33.8 Å². The van der Waals surface area contributed by atoms with Gasteiger partial charge in [-0.2, -0.15) is 5.26 Å². The van der Waals surface area contributed by atoms with Crippen molar-refractivity contribution in [3.63, 3.8) is 0 Å². The van der Waals surface area contributed by atoms with Crippen LogP contribution in [0, 0.1) is 22.7 Å². The highest BCUT2D eigenvalue weighted by Crippen LogP contribution is 2.49. The molecule has 0 aromatic heterocycles. The Labute approximate surface area is 296 Å². The van der Waals surface area contributed by atoms with Crippen LogP contribution in [0.1, 0.15) is 101 Å². The largest absolute Gasteiger partial charge is 0.496 e. The van der Waals surface area contributed by atoms with Crippen molar-refractivity contribution in [2.45, 2.75) is 99.2 Å². The number of hydrazine groups is 1. The Balaban J connectivity index is 1.14. The van der Waals surface area contributed by atoms with Crippen LogP contribution >= 0.6 is 0 Å². The zero-order chi connectivity index (χ0) is 35.2. The number of rotatable bonds is 8. The van der Waals surface area contributed by atoms with Crippen molar-refractivity contribution in [3.8, 4) is 11.8 Å². The fourth-order valence-electron chi connectivity index (χ4n) is 8.45. The number of fused-ring (bicyclic) bond motifs is 3. The van der Waals surface area contributed by atoms with Crippen molar-refractivity contribution in [1.82, 2.24) is 19.8 Å². The number of methoxy groups -OCH3 is 1. The molecule has 49 heavy (non-hydrogen) atoms. The normalized spacial score (nSPS) is 23.5. The maximum Gasteiger partial charge on any atom is 0.127 e. The second-order valence-electron chi connectivity index (χ2n) is 15.9. The average Bonchev–Trinajstić information content (AvgIpc) is 3.78. The number of benzene rings is 2. The number of aryl methyl sites for hydroxylation is 1. The lowest BCUT2D eigenvalue weighted by Gasteiger charge is -2.33. The van der Waals surface area contributed by atoms with E-state index in [1.165, 1.54) is 62.9 Å². The standard InChI is InChI=1S/C43H57N5O/c1-11-33-22-35(39-26-45(9)30(4)28(2)29(39)3)23-41(49-10)40(33)27-46-18-15-32(16-19-46)21-34-13-12-14-38-37(34)17-20-47(48-31(5)42(38)48)36(25-44)24-43(6,7)8/h12-14,22-24,26,31-32,42H,4,11,15-21,27H2,1-3,5-10H3/b36-24+. The first-order valence-corrected chi connectivity index (χ1v) is 18.4. The van der Waals surface area contributed by atoms with Crippen LogP contribution in [-0.4, -0.2) is 59.7 Å². The molecule has 0 bridgehead atoms. The predicted octanol–water partition coefficient (Wildman–Crippen LogP) is 8.82. The fraction of sp³-hybridized carbons (Fsp3) is 0.512. The summed E-state index contributed by atoms with van der Waals surface area (Å²) in [5.41, 5.74) is 14.0. The van der Waals surface area contributed by atoms with Gasteiger partial charge in [-0.25, -0.2) is 5.01 Å². The van der Waals surface area contributed by atoms with Crippen molar-refractivity contribution < 1.29 is 4.74 Å². The number of hydrogen-bond donors (Lipinski definition) is 0. The first kappa shape index (κ1) is 35.1. The van der Waals surface area contributed by atoms with Crippen molar-refractivity contribution in [1.29, 1.82) is 5.26 Å². The Hall–Kier alpha value is -3.79. The maximum absolute atomic E-state index is 10.1. The number of allylic oxidation sites excluding steroid dienone is 5. The third kappa shape index (κ3) is 6.98. The summed E-state index contributed by atoms with van der Waals surface area (Å²) in [6.45, 7) is 23.7. The van der Waals surface area contributed by atoms with Gasteiger partial charge in [-0.15, -0.1) is 0 Å². The molecule has 260 valence electrons. The Kier molecular flexibility index (Phi) is 9.90. The Morgan fingerprint density at radius 3 is 2.47 bits per heavy atom. The van der Waals surface area contributed by atoms with E-state index in [1.54, 1.807) is 0 Å². The average molecular weight is 660 g/mol. The van der Waals surface area contributed by atoms with E-state index in [4.69, 9.17) is 4.74 Å². The minimum atomic E-state index is -0.0397. The highest BCUT2D eigenvalue weighted by atomic mass is 16.5. The maximum atomic E-state index is 10.1. The first-order chi connectivity index (χ1) is 23.3. The molecule has 0 radical (unpaired) electrons. The second kappa shape index (κ2) is 13.8. The lowest BCUT2D eigenvalue weighted by molar-refractivity contribution is 0.120. The van der Waals surface area contributed by atoms with Gasteiger partial charge in [0, 0.05) is 49.2 Å². The third-order valence-electron chi connectivity index (χ3n) is 11.5. The van der Waals surface area contributed by atoms with Crippen LogP contribution in [-0.2, 0) is 25.8 Å². The molecule has 0 N–H and O–H groups in total. The summed E-state index contributed by atoms with van der Waals surface area (Å²) < 4.78 is 6.08. The summed E-state index contributed by atoms with van der Waals surface area (Å²) in [6.07, 6.45) is 9.87. The van der Waals surface area contributed by atoms with Crippen molar-refractivity contribution >= 4 is 5.57 Å². The van der Waals surface area contributed by atoms with E-state index in [2.05, 4.69) is 131 Å². The fourth-order valence-corrected chi connectivity index (χ4v) is 8.45. The molecule has 2 aromatic carbocycles. The second-order valence-corrected chi connectivity index (χ2v) is 15.9. The zero-order valence-electron chi connectivity index (χ0n) is 31.5. The Morgan fingerprint density at radius 1 is 1.08 bits per heavy atom. The number of likely N-dealkylation sites (tertiary alicyclic amines) is 1. The summed E-state index contributed by atoms with van der Waals surface area (Å²) in [6, 6.07) is 14.9. The summed E-state index contributed by atoms with van der Waals surface area (Å²) >= 11 is 0. The smallest absolute Gasteiger partial charge is 0.127 e. The van der Waals surface area contributed by atoms with Gasteiger partial charge in [0.25, 0.3) is 0 Å². The van der Waals surface area contributed by atoms with Gasteiger partial charge in [0.05, 0.1) is 13.2 Å². The van der Waals surface area contributed by atoms with Crippen LogP contribution in [0.3, 0.4) is 0 Å². The number of likely N-dealkylation sites (N-methyl/N-ethyl adjacent to an activating group) is 1. The van der Waals surface area contributed by atoms with E-state index in [-0.39, 0.29) is 5.41 Å². The minimum Gasteiger partial charge on any atom is -0.496 e. The molecule has 0 amide bonds. The number of hydrogen-bond acceptors (Lipinski definition) is 6. The van der Waals surface area contributed by atoms with Gasteiger partial charge < -0.3 is 9.64 Å². The molecular formula is C43H57N5O. The third-order valence-corrected chi connectivity index (χ3v) is 11.5. The van der Waals surface area contributed by atoms with Gasteiger partial charge in [0.15, 0.2) is 0 Å². The molecule has 0 saturated carbocycles. The molecule has 2 fully saturated rings. The van der Waals surface area contributed by atoms with Gasteiger partial charge in [0.2, 0.25) is 0 Å². The van der Waals surface area contributed by atoms with Gasteiger partial charge in [-0.1, -0.05) is 58.5 Å². The molecule has 0 spiro atoms. The van der Waals surface area contributed by atoms with E-state index in [1.807, 2.05) is 7.11 Å². The number of nitrogens with zero attached hydrogens (tertiary/aromatic N) is 5. The molecule has 3 unspecified atom stereocenters. The summed E-state index contributed by atoms with van der Waals surface area (Å²) in [5, 5.41) is 14.8. The molecular weight excluding hydrogens is 603 g/mol. The van der Waals surface area contributed by atoms with Crippen LogP contribution in [0.2, 0.25) is 0 Å². The molecule has 4 aliphatic heterocycles.